The van der Waals surface area contributed by atoms with Gasteiger partial charge < -0.3 is 9.64 Å². The molecule has 3 rings (SSSR count). The molecule has 110 valence electrons. The van der Waals surface area contributed by atoms with Crippen LogP contribution in [0.4, 0.5) is 0 Å². The first kappa shape index (κ1) is 13.8. The van der Waals surface area contributed by atoms with Crippen molar-refractivity contribution in [3.8, 4) is 0 Å². The number of aromatic nitrogens is 3. The molecule has 2 aromatic rings. The van der Waals surface area contributed by atoms with Gasteiger partial charge in [-0.15, -0.1) is 5.10 Å². The Kier molecular flexibility index (Phi) is 3.70. The molecular weight excluding hydrogens is 268 g/mol. The van der Waals surface area contributed by atoms with Crippen molar-refractivity contribution in [2.24, 2.45) is 7.05 Å². The van der Waals surface area contributed by atoms with Gasteiger partial charge in [0, 0.05) is 27.1 Å². The highest BCUT2D eigenvalue weighted by Gasteiger charge is 2.23. The maximum absolute atomic E-state index is 12.2. The lowest BCUT2D eigenvalue weighted by Crippen LogP contribution is -2.38. The molecule has 0 saturated carbocycles. The molecule has 6 heteroatoms. The summed E-state index contributed by atoms with van der Waals surface area (Å²) in [5, 5.41) is 7.63. The Hall–Kier alpha value is -2.21. The average molecular weight is 286 g/mol. The third kappa shape index (κ3) is 2.95. The van der Waals surface area contributed by atoms with Gasteiger partial charge in [-0.1, -0.05) is 29.5 Å². The van der Waals surface area contributed by atoms with Gasteiger partial charge in [0.25, 0.3) is 5.91 Å². The minimum atomic E-state index is -0.134. The van der Waals surface area contributed by atoms with E-state index in [1.165, 1.54) is 15.8 Å². The molecule has 1 aliphatic heterocycles. The molecule has 0 N–H and O–H groups in total. The van der Waals surface area contributed by atoms with E-state index in [-0.39, 0.29) is 12.0 Å². The van der Waals surface area contributed by atoms with Gasteiger partial charge in [-0.3, -0.25) is 9.48 Å². The number of carbonyl (C=O) groups is 1. The zero-order chi connectivity index (χ0) is 14.8. The highest BCUT2D eigenvalue weighted by Crippen LogP contribution is 2.20. The molecule has 6 nitrogen and oxygen atoms in total. The molecule has 0 radical (unpaired) electrons. The summed E-state index contributed by atoms with van der Waals surface area (Å²) >= 11 is 0. The van der Waals surface area contributed by atoms with E-state index in [4.69, 9.17) is 4.74 Å². The van der Waals surface area contributed by atoms with Gasteiger partial charge in [0.2, 0.25) is 0 Å². The first-order valence-corrected chi connectivity index (χ1v) is 6.93. The van der Waals surface area contributed by atoms with Gasteiger partial charge in [-0.05, 0) is 11.1 Å². The second-order valence-electron chi connectivity index (χ2n) is 5.37. The first-order chi connectivity index (χ1) is 10.1. The van der Waals surface area contributed by atoms with Crippen LogP contribution in [-0.4, -0.2) is 45.5 Å². The Morgan fingerprint density at radius 3 is 2.90 bits per heavy atom. The number of hydrogen-bond acceptors (Lipinski definition) is 4. The van der Waals surface area contributed by atoms with Crippen LogP contribution in [0.1, 0.15) is 21.6 Å². The van der Waals surface area contributed by atoms with Gasteiger partial charge in [0.1, 0.15) is 0 Å². The number of hydrogen-bond donors (Lipinski definition) is 0. The van der Waals surface area contributed by atoms with Gasteiger partial charge in [0.05, 0.1) is 18.9 Å². The van der Waals surface area contributed by atoms with E-state index in [9.17, 15) is 4.79 Å². The van der Waals surface area contributed by atoms with Crippen LogP contribution in [0.5, 0.6) is 0 Å². The maximum atomic E-state index is 12.2. The molecule has 1 aliphatic rings. The van der Waals surface area contributed by atoms with Crippen LogP contribution in [0.25, 0.3) is 0 Å². The molecule has 0 aliphatic carbocycles. The normalized spacial score (nSPS) is 17.3. The molecule has 0 fully saturated rings. The zero-order valence-corrected chi connectivity index (χ0v) is 12.2. The van der Waals surface area contributed by atoms with Crippen molar-refractivity contribution in [3.05, 3.63) is 47.3 Å². The summed E-state index contributed by atoms with van der Waals surface area (Å²) in [6, 6.07) is 8.26. The standard InChI is InChI=1S/C15H18N4O2/c1-18(15(20)14-9-19(2)17-16-14)8-13-7-11-5-3-4-6-12(11)10-21-13/h3-6,9,13H,7-8,10H2,1-2H3/t13-/m0/s1. The number of ether oxygens (including phenoxy) is 1. The van der Waals surface area contributed by atoms with Crippen LogP contribution in [0.15, 0.2) is 30.5 Å². The van der Waals surface area contributed by atoms with E-state index in [2.05, 4.69) is 22.4 Å². The van der Waals surface area contributed by atoms with E-state index in [0.717, 1.165) is 6.42 Å². The summed E-state index contributed by atoms with van der Waals surface area (Å²) in [6.07, 6.45) is 2.47. The van der Waals surface area contributed by atoms with Crippen molar-refractivity contribution < 1.29 is 9.53 Å². The largest absolute Gasteiger partial charge is 0.371 e. The van der Waals surface area contributed by atoms with E-state index >= 15 is 0 Å². The SMILES string of the molecule is CN(C[C@@H]1Cc2ccccc2CO1)C(=O)c1cn(C)nn1. The number of aryl methyl sites for hydroxylation is 1. The van der Waals surface area contributed by atoms with Gasteiger partial charge in [0.15, 0.2) is 5.69 Å². The van der Waals surface area contributed by atoms with Crippen molar-refractivity contribution >= 4 is 5.91 Å². The lowest BCUT2D eigenvalue weighted by atomic mass is 9.99. The Labute approximate surface area is 123 Å². The molecule has 0 saturated heterocycles. The molecule has 1 amide bonds. The lowest BCUT2D eigenvalue weighted by Gasteiger charge is -2.28. The number of likely N-dealkylation sites (N-methyl/N-ethyl adjacent to an activating group) is 1. The van der Waals surface area contributed by atoms with Crippen molar-refractivity contribution in [3.63, 3.8) is 0 Å². The van der Waals surface area contributed by atoms with E-state index in [1.807, 2.05) is 12.1 Å². The van der Waals surface area contributed by atoms with Crippen LogP contribution < -0.4 is 0 Å². The quantitative estimate of drug-likeness (QED) is 0.845. The predicted molar refractivity (Wildman–Crippen MR) is 76.7 cm³/mol. The maximum Gasteiger partial charge on any atom is 0.275 e. The van der Waals surface area contributed by atoms with Gasteiger partial charge in [-0.2, -0.15) is 0 Å². The monoisotopic (exact) mass is 286 g/mol. The fourth-order valence-electron chi connectivity index (χ4n) is 2.56. The fourth-order valence-corrected chi connectivity index (χ4v) is 2.56. The molecule has 1 atom stereocenters. The molecule has 0 bridgehead atoms. The number of carbonyl (C=O) groups excluding carboxylic acids is 1. The number of nitrogens with zero attached hydrogens (tertiary/aromatic N) is 4. The Morgan fingerprint density at radius 1 is 1.43 bits per heavy atom. The van der Waals surface area contributed by atoms with Crippen molar-refractivity contribution in [2.75, 3.05) is 13.6 Å². The zero-order valence-electron chi connectivity index (χ0n) is 12.2. The topological polar surface area (TPSA) is 60.2 Å². The van der Waals surface area contributed by atoms with Crippen molar-refractivity contribution in [1.29, 1.82) is 0 Å². The van der Waals surface area contributed by atoms with Crippen LogP contribution >= 0.6 is 0 Å². The Morgan fingerprint density at radius 2 is 2.19 bits per heavy atom. The summed E-state index contributed by atoms with van der Waals surface area (Å²) in [5.74, 6) is -0.134. The lowest BCUT2D eigenvalue weighted by molar-refractivity contribution is 0.00972. The molecule has 2 heterocycles. The minimum absolute atomic E-state index is 0.0190. The van der Waals surface area contributed by atoms with E-state index < -0.39 is 0 Å². The number of amides is 1. The third-order valence-corrected chi connectivity index (χ3v) is 3.69. The summed E-state index contributed by atoms with van der Waals surface area (Å²) in [6.45, 7) is 1.15. The summed E-state index contributed by atoms with van der Waals surface area (Å²) in [4.78, 5) is 13.9. The number of rotatable bonds is 3. The second-order valence-corrected chi connectivity index (χ2v) is 5.37. The first-order valence-electron chi connectivity index (χ1n) is 6.93. The molecule has 1 aromatic carbocycles. The van der Waals surface area contributed by atoms with Gasteiger partial charge in [-0.25, -0.2) is 0 Å². The second kappa shape index (κ2) is 5.65. The van der Waals surface area contributed by atoms with E-state index in [1.54, 1.807) is 25.2 Å². The summed E-state index contributed by atoms with van der Waals surface area (Å²) in [7, 11) is 3.51. The molecule has 0 unspecified atom stereocenters. The van der Waals surface area contributed by atoms with Crippen LogP contribution in [0, 0.1) is 0 Å². The molecule has 21 heavy (non-hydrogen) atoms. The van der Waals surface area contributed by atoms with Crippen molar-refractivity contribution in [1.82, 2.24) is 19.9 Å². The third-order valence-electron chi connectivity index (χ3n) is 3.69. The van der Waals surface area contributed by atoms with Crippen LogP contribution in [0.3, 0.4) is 0 Å². The Bertz CT molecular complexity index is 653. The van der Waals surface area contributed by atoms with Crippen LogP contribution in [0.2, 0.25) is 0 Å². The highest BCUT2D eigenvalue weighted by atomic mass is 16.5. The minimum Gasteiger partial charge on any atom is -0.371 e. The molecular formula is C15H18N4O2. The molecule has 1 aromatic heterocycles. The van der Waals surface area contributed by atoms with E-state index in [0.29, 0.717) is 18.8 Å². The average Bonchev–Trinajstić information content (AvgIpc) is 2.93. The highest BCUT2D eigenvalue weighted by molar-refractivity contribution is 5.91. The predicted octanol–water partition coefficient (Wildman–Crippen LogP) is 1.03. The number of fused-ring (bicyclic) bond motifs is 1. The summed E-state index contributed by atoms with van der Waals surface area (Å²) in [5.41, 5.74) is 2.89. The fraction of sp³-hybridized carbons (Fsp3) is 0.400. The van der Waals surface area contributed by atoms with Crippen LogP contribution in [-0.2, 0) is 24.8 Å². The van der Waals surface area contributed by atoms with Gasteiger partial charge >= 0.3 is 0 Å². The molecule has 0 spiro atoms. The smallest absolute Gasteiger partial charge is 0.275 e. The van der Waals surface area contributed by atoms with Crippen molar-refractivity contribution in [2.45, 2.75) is 19.1 Å². The number of benzene rings is 1. The Balaban J connectivity index is 1.63. The summed E-state index contributed by atoms with van der Waals surface area (Å²) < 4.78 is 7.35.